The molecule has 3 rings (SSSR count). The van der Waals surface area contributed by atoms with Crippen LogP contribution in [0, 0.1) is 0 Å². The lowest BCUT2D eigenvalue weighted by Gasteiger charge is -2.28. The van der Waals surface area contributed by atoms with Gasteiger partial charge in [-0.2, -0.15) is 0 Å². The summed E-state index contributed by atoms with van der Waals surface area (Å²) in [5.41, 5.74) is 1.61. The standard InChI is InChI=1S/C19H21N3O5S2/c1-12(22(29(4,25)26)14-6-8-15(27-3)9-7-14)18(23)20-13-5-10-16-17(11-13)28-19(24)21(16)2/h5-12H,1-4H3,(H,20,23). The van der Waals surface area contributed by atoms with Crippen molar-refractivity contribution in [2.24, 2.45) is 7.05 Å². The van der Waals surface area contributed by atoms with Gasteiger partial charge < -0.3 is 14.6 Å². The zero-order chi connectivity index (χ0) is 21.3. The van der Waals surface area contributed by atoms with Crippen LogP contribution in [0.1, 0.15) is 6.92 Å². The number of thiazole rings is 1. The van der Waals surface area contributed by atoms with Crippen LogP contribution in [0.3, 0.4) is 0 Å². The Morgan fingerprint density at radius 3 is 2.45 bits per heavy atom. The normalized spacial score (nSPS) is 12.6. The van der Waals surface area contributed by atoms with Crippen LogP contribution in [0.4, 0.5) is 11.4 Å². The number of benzene rings is 2. The molecule has 2 aromatic carbocycles. The number of sulfonamides is 1. The van der Waals surface area contributed by atoms with E-state index in [0.717, 1.165) is 32.1 Å². The lowest BCUT2D eigenvalue weighted by Crippen LogP contribution is -2.45. The van der Waals surface area contributed by atoms with Gasteiger partial charge >= 0.3 is 4.87 Å². The topological polar surface area (TPSA) is 97.7 Å². The van der Waals surface area contributed by atoms with Crippen LogP contribution in [0.25, 0.3) is 10.2 Å². The monoisotopic (exact) mass is 435 g/mol. The molecular formula is C19H21N3O5S2. The van der Waals surface area contributed by atoms with Crippen molar-refractivity contribution in [3.8, 4) is 5.75 Å². The largest absolute Gasteiger partial charge is 0.497 e. The Bertz CT molecular complexity index is 1210. The van der Waals surface area contributed by atoms with Gasteiger partial charge in [-0.1, -0.05) is 11.3 Å². The molecule has 1 N–H and O–H groups in total. The second-order valence-corrected chi connectivity index (χ2v) is 9.38. The SMILES string of the molecule is COc1ccc(N(C(C)C(=O)Nc2ccc3c(c2)sc(=O)n3C)S(C)(=O)=O)cc1. The molecule has 0 aliphatic carbocycles. The summed E-state index contributed by atoms with van der Waals surface area (Å²) in [5.74, 6) is 0.0864. The molecular weight excluding hydrogens is 414 g/mol. The van der Waals surface area contributed by atoms with E-state index in [1.165, 1.54) is 18.6 Å². The molecule has 8 nitrogen and oxygen atoms in total. The minimum Gasteiger partial charge on any atom is -0.497 e. The van der Waals surface area contributed by atoms with Crippen LogP contribution in [0.15, 0.2) is 47.3 Å². The maximum Gasteiger partial charge on any atom is 0.307 e. The van der Waals surface area contributed by atoms with Crippen LogP contribution in [0.2, 0.25) is 0 Å². The van der Waals surface area contributed by atoms with E-state index in [-0.39, 0.29) is 4.87 Å². The average molecular weight is 436 g/mol. The fourth-order valence-corrected chi connectivity index (χ4v) is 5.09. The molecule has 1 amide bonds. The number of fused-ring (bicyclic) bond motifs is 1. The molecule has 29 heavy (non-hydrogen) atoms. The summed E-state index contributed by atoms with van der Waals surface area (Å²) in [4.78, 5) is 24.5. The fourth-order valence-electron chi connectivity index (χ4n) is 3.00. The third-order valence-corrected chi connectivity index (χ3v) is 6.71. The number of aryl methyl sites for hydroxylation is 1. The van der Waals surface area contributed by atoms with E-state index in [0.29, 0.717) is 17.1 Å². The highest BCUT2D eigenvalue weighted by molar-refractivity contribution is 7.92. The number of amides is 1. The van der Waals surface area contributed by atoms with E-state index in [2.05, 4.69) is 5.32 Å². The summed E-state index contributed by atoms with van der Waals surface area (Å²) in [6, 6.07) is 10.5. The number of nitrogens with one attached hydrogen (secondary N) is 1. The van der Waals surface area contributed by atoms with Crippen molar-refractivity contribution in [1.29, 1.82) is 0 Å². The Kier molecular flexibility index (Phi) is 5.67. The third-order valence-electron chi connectivity index (χ3n) is 4.48. The molecule has 3 aromatic rings. The van der Waals surface area contributed by atoms with Gasteiger partial charge in [0.1, 0.15) is 11.8 Å². The first-order chi connectivity index (χ1) is 13.6. The molecule has 10 heteroatoms. The highest BCUT2D eigenvalue weighted by Crippen LogP contribution is 2.25. The Labute approximate surface area is 172 Å². The van der Waals surface area contributed by atoms with Gasteiger partial charge in [-0.15, -0.1) is 0 Å². The Hall–Kier alpha value is -2.85. The van der Waals surface area contributed by atoms with Crippen LogP contribution in [0.5, 0.6) is 5.75 Å². The van der Waals surface area contributed by atoms with Crippen LogP contribution in [-0.4, -0.2) is 38.3 Å². The quantitative estimate of drug-likeness (QED) is 0.641. The number of anilines is 2. The summed E-state index contributed by atoms with van der Waals surface area (Å²) in [6.45, 7) is 1.51. The van der Waals surface area contributed by atoms with E-state index < -0.39 is 22.0 Å². The fraction of sp³-hybridized carbons (Fsp3) is 0.263. The first kappa shape index (κ1) is 20.9. The molecule has 0 spiro atoms. The van der Waals surface area contributed by atoms with Gasteiger partial charge in [-0.25, -0.2) is 8.42 Å². The Balaban J connectivity index is 1.88. The van der Waals surface area contributed by atoms with Crippen molar-refractivity contribution >= 4 is 48.9 Å². The molecule has 1 aromatic heterocycles. The van der Waals surface area contributed by atoms with Crippen molar-refractivity contribution in [3.05, 3.63) is 52.1 Å². The molecule has 1 atom stereocenters. The van der Waals surface area contributed by atoms with E-state index in [9.17, 15) is 18.0 Å². The minimum atomic E-state index is -3.72. The smallest absolute Gasteiger partial charge is 0.307 e. The van der Waals surface area contributed by atoms with Gasteiger partial charge in [0, 0.05) is 12.7 Å². The molecule has 0 saturated carbocycles. The Morgan fingerprint density at radius 1 is 1.21 bits per heavy atom. The van der Waals surface area contributed by atoms with Crippen LogP contribution in [-0.2, 0) is 21.9 Å². The van der Waals surface area contributed by atoms with Gasteiger partial charge in [0.05, 0.1) is 29.3 Å². The van der Waals surface area contributed by atoms with Crippen LogP contribution >= 0.6 is 11.3 Å². The van der Waals surface area contributed by atoms with E-state index in [4.69, 9.17) is 4.74 Å². The summed E-state index contributed by atoms with van der Waals surface area (Å²) in [7, 11) is -0.528. The predicted molar refractivity (Wildman–Crippen MR) is 115 cm³/mol. The van der Waals surface area contributed by atoms with Crippen molar-refractivity contribution < 1.29 is 17.9 Å². The van der Waals surface area contributed by atoms with Crippen molar-refractivity contribution in [1.82, 2.24) is 4.57 Å². The van der Waals surface area contributed by atoms with Gasteiger partial charge in [-0.05, 0) is 49.4 Å². The lowest BCUT2D eigenvalue weighted by atomic mass is 10.2. The first-order valence-electron chi connectivity index (χ1n) is 8.65. The van der Waals surface area contributed by atoms with E-state index >= 15 is 0 Å². The first-order valence-corrected chi connectivity index (χ1v) is 11.3. The number of ether oxygens (including phenoxy) is 1. The van der Waals surface area contributed by atoms with E-state index in [1.807, 2.05) is 0 Å². The molecule has 0 radical (unpaired) electrons. The number of carbonyl (C=O) groups is 1. The van der Waals surface area contributed by atoms with Crippen molar-refractivity contribution in [3.63, 3.8) is 0 Å². The number of carbonyl (C=O) groups excluding carboxylic acids is 1. The summed E-state index contributed by atoms with van der Waals surface area (Å²) in [5, 5.41) is 2.73. The zero-order valence-corrected chi connectivity index (χ0v) is 18.0. The highest BCUT2D eigenvalue weighted by Gasteiger charge is 2.29. The summed E-state index contributed by atoms with van der Waals surface area (Å²) < 4.78 is 33.2. The third kappa shape index (κ3) is 4.28. The molecule has 0 aliphatic heterocycles. The van der Waals surface area contributed by atoms with Gasteiger partial charge in [0.25, 0.3) is 0 Å². The number of hydrogen-bond acceptors (Lipinski definition) is 6. The molecule has 0 aliphatic rings. The number of aromatic nitrogens is 1. The van der Waals surface area contributed by atoms with Crippen molar-refractivity contribution in [2.45, 2.75) is 13.0 Å². The van der Waals surface area contributed by atoms with E-state index in [1.54, 1.807) is 49.5 Å². The molecule has 0 bridgehead atoms. The van der Waals surface area contributed by atoms with Crippen LogP contribution < -0.4 is 19.2 Å². The lowest BCUT2D eigenvalue weighted by molar-refractivity contribution is -0.116. The second kappa shape index (κ2) is 7.88. The Morgan fingerprint density at radius 2 is 1.86 bits per heavy atom. The summed E-state index contributed by atoms with van der Waals surface area (Å²) >= 11 is 1.08. The minimum absolute atomic E-state index is 0.0976. The molecule has 0 saturated heterocycles. The number of nitrogens with zero attached hydrogens (tertiary/aromatic N) is 2. The van der Waals surface area contributed by atoms with Crippen molar-refractivity contribution in [2.75, 3.05) is 23.0 Å². The maximum atomic E-state index is 12.8. The zero-order valence-electron chi connectivity index (χ0n) is 16.4. The molecule has 1 heterocycles. The molecule has 154 valence electrons. The van der Waals surface area contributed by atoms with Gasteiger partial charge in [0.15, 0.2) is 0 Å². The molecule has 0 fully saturated rings. The van der Waals surface area contributed by atoms with Gasteiger partial charge in [0.2, 0.25) is 15.9 Å². The number of hydrogen-bond donors (Lipinski definition) is 1. The summed E-state index contributed by atoms with van der Waals surface area (Å²) in [6.07, 6.45) is 1.05. The number of rotatable bonds is 6. The average Bonchev–Trinajstić information content (AvgIpc) is 2.94. The second-order valence-electron chi connectivity index (χ2n) is 6.53. The maximum absolute atomic E-state index is 12.8. The predicted octanol–water partition coefficient (Wildman–Crippen LogP) is 2.40. The number of methoxy groups -OCH3 is 1. The van der Waals surface area contributed by atoms with Gasteiger partial charge in [-0.3, -0.25) is 13.9 Å². The highest BCUT2D eigenvalue weighted by atomic mass is 32.2. The molecule has 1 unspecified atom stereocenters.